The molecule has 0 fully saturated rings. The summed E-state index contributed by atoms with van der Waals surface area (Å²) in [4.78, 5) is 11.4. The van der Waals surface area contributed by atoms with Crippen molar-refractivity contribution in [3.05, 3.63) is 24.3 Å². The second-order valence-corrected chi connectivity index (χ2v) is 4.74. The molecular formula is C11H18B2NO6. The Morgan fingerprint density at radius 3 is 2.00 bits per heavy atom. The maximum Gasteiger partial charge on any atom is 0.488 e. The number of carbonyl (C=O) groups excluding carboxylic acids is 1. The highest BCUT2D eigenvalue weighted by molar-refractivity contribution is 6.58. The van der Waals surface area contributed by atoms with Crippen molar-refractivity contribution in [2.24, 2.45) is 0 Å². The zero-order chi connectivity index (χ0) is 15.8. The Kier molecular flexibility index (Phi) is 7.93. The molecule has 0 saturated carbocycles. The summed E-state index contributed by atoms with van der Waals surface area (Å²) in [6, 6.07) is 6.16. The Bertz CT molecular complexity index is 404. The van der Waals surface area contributed by atoms with Gasteiger partial charge in [-0.15, -0.1) is 0 Å². The first-order valence-electron chi connectivity index (χ1n) is 5.76. The lowest BCUT2D eigenvalue weighted by Crippen LogP contribution is -2.30. The van der Waals surface area contributed by atoms with E-state index in [2.05, 4.69) is 5.32 Å². The minimum Gasteiger partial charge on any atom is -0.444 e. The molecule has 1 amide bonds. The molecule has 9 heteroatoms. The smallest absolute Gasteiger partial charge is 0.444 e. The van der Waals surface area contributed by atoms with Crippen molar-refractivity contribution in [1.29, 1.82) is 0 Å². The number of carbonyl (C=O) groups is 1. The Labute approximate surface area is 118 Å². The van der Waals surface area contributed by atoms with E-state index in [1.165, 1.54) is 12.1 Å². The molecule has 0 aromatic heterocycles. The number of rotatable bonds is 2. The molecule has 0 aliphatic rings. The average molecular weight is 282 g/mol. The van der Waals surface area contributed by atoms with Crippen LogP contribution in [0.25, 0.3) is 0 Å². The highest BCUT2D eigenvalue weighted by Crippen LogP contribution is 2.10. The fourth-order valence-electron chi connectivity index (χ4n) is 1.16. The molecule has 1 rings (SSSR count). The molecule has 0 aliphatic heterocycles. The van der Waals surface area contributed by atoms with E-state index in [0.717, 1.165) is 0 Å². The Balaban J connectivity index is 0.00000110. The van der Waals surface area contributed by atoms with Crippen LogP contribution in [-0.2, 0) is 4.74 Å². The van der Waals surface area contributed by atoms with E-state index in [0.29, 0.717) is 11.2 Å². The zero-order valence-corrected chi connectivity index (χ0v) is 11.6. The third-order valence-electron chi connectivity index (χ3n) is 1.85. The predicted molar refractivity (Wildman–Crippen MR) is 76.3 cm³/mol. The van der Waals surface area contributed by atoms with Crippen LogP contribution in [0, 0.1) is 0 Å². The van der Waals surface area contributed by atoms with Gasteiger partial charge in [0.05, 0.1) is 0 Å². The molecule has 109 valence electrons. The van der Waals surface area contributed by atoms with Gasteiger partial charge < -0.3 is 24.8 Å². The SMILES string of the molecule is CC(C)(C)OC(=O)Nc1ccc(B(O)O)cc1.O[B]O. The molecule has 0 atom stereocenters. The van der Waals surface area contributed by atoms with Gasteiger partial charge in [-0.1, -0.05) is 12.1 Å². The molecule has 0 bridgehead atoms. The summed E-state index contributed by atoms with van der Waals surface area (Å²) in [6.45, 7) is 5.33. The zero-order valence-electron chi connectivity index (χ0n) is 11.6. The lowest BCUT2D eigenvalue weighted by molar-refractivity contribution is 0.0636. The lowest BCUT2D eigenvalue weighted by Gasteiger charge is -2.19. The molecule has 0 saturated heterocycles. The van der Waals surface area contributed by atoms with Gasteiger partial charge in [-0.05, 0) is 38.4 Å². The second kappa shape index (κ2) is 8.59. The Morgan fingerprint density at radius 2 is 1.65 bits per heavy atom. The molecule has 5 N–H and O–H groups in total. The number of amides is 1. The van der Waals surface area contributed by atoms with Crippen LogP contribution in [0.15, 0.2) is 24.3 Å². The normalized spacial score (nSPS) is 9.95. The van der Waals surface area contributed by atoms with E-state index in [-0.39, 0.29) is 7.69 Å². The van der Waals surface area contributed by atoms with E-state index in [4.69, 9.17) is 24.8 Å². The number of nitrogens with one attached hydrogen (secondary N) is 1. The van der Waals surface area contributed by atoms with Crippen LogP contribution >= 0.6 is 0 Å². The van der Waals surface area contributed by atoms with Gasteiger partial charge in [0.25, 0.3) is 0 Å². The van der Waals surface area contributed by atoms with E-state index in [1.807, 2.05) is 0 Å². The summed E-state index contributed by atoms with van der Waals surface area (Å²) in [5.74, 6) is 0. The maximum absolute atomic E-state index is 11.4. The van der Waals surface area contributed by atoms with Crippen LogP contribution in [0.1, 0.15) is 20.8 Å². The molecule has 0 spiro atoms. The minimum atomic E-state index is -1.51. The number of benzene rings is 1. The van der Waals surface area contributed by atoms with Crippen LogP contribution in [-0.4, -0.2) is 46.6 Å². The lowest BCUT2D eigenvalue weighted by atomic mass is 9.80. The molecule has 7 nitrogen and oxygen atoms in total. The first-order chi connectivity index (χ1) is 9.19. The molecular weight excluding hydrogens is 264 g/mol. The van der Waals surface area contributed by atoms with Crippen LogP contribution < -0.4 is 10.8 Å². The van der Waals surface area contributed by atoms with Crippen molar-refractivity contribution < 1.29 is 29.6 Å². The first kappa shape index (κ1) is 18.5. The third-order valence-corrected chi connectivity index (χ3v) is 1.85. The third kappa shape index (κ3) is 8.54. The molecule has 1 aromatic rings. The average Bonchev–Trinajstić information content (AvgIpc) is 2.27. The monoisotopic (exact) mass is 282 g/mol. The summed E-state index contributed by atoms with van der Waals surface area (Å²) in [6.07, 6.45) is -0.546. The number of hydrogen-bond donors (Lipinski definition) is 5. The molecule has 1 aromatic carbocycles. The van der Waals surface area contributed by atoms with E-state index >= 15 is 0 Å². The summed E-state index contributed by atoms with van der Waals surface area (Å²) in [7, 11) is -1.51. The molecule has 20 heavy (non-hydrogen) atoms. The number of ether oxygens (including phenoxy) is 1. The van der Waals surface area contributed by atoms with Crippen molar-refractivity contribution in [3.8, 4) is 0 Å². The number of anilines is 1. The molecule has 1 radical (unpaired) electrons. The quantitative estimate of drug-likeness (QED) is 0.454. The fourth-order valence-corrected chi connectivity index (χ4v) is 1.16. The molecule has 0 heterocycles. The van der Waals surface area contributed by atoms with Gasteiger partial charge in [0.2, 0.25) is 0 Å². The van der Waals surface area contributed by atoms with Crippen molar-refractivity contribution in [2.45, 2.75) is 26.4 Å². The topological polar surface area (TPSA) is 119 Å². The Morgan fingerprint density at radius 1 is 1.20 bits per heavy atom. The van der Waals surface area contributed by atoms with Crippen molar-refractivity contribution >= 4 is 32.0 Å². The van der Waals surface area contributed by atoms with Crippen molar-refractivity contribution in [2.75, 3.05) is 5.32 Å². The predicted octanol–water partition coefficient (Wildman–Crippen LogP) is -0.781. The summed E-state index contributed by atoms with van der Waals surface area (Å²) >= 11 is 0. The minimum absolute atomic E-state index is 0. The summed E-state index contributed by atoms with van der Waals surface area (Å²) < 4.78 is 5.07. The van der Waals surface area contributed by atoms with Gasteiger partial charge in [-0.3, -0.25) is 5.32 Å². The first-order valence-corrected chi connectivity index (χ1v) is 5.76. The standard InChI is InChI=1S/C11H16BNO4.BH2O2/c1-11(2,3)17-10(14)13-9-6-4-8(5-7-9)12(15)16;2-1-3/h4-7,15-16H,1-3H3,(H,13,14);2-3H. The van der Waals surface area contributed by atoms with Crippen molar-refractivity contribution in [3.63, 3.8) is 0 Å². The van der Waals surface area contributed by atoms with Gasteiger partial charge in [0, 0.05) is 5.69 Å². The van der Waals surface area contributed by atoms with Gasteiger partial charge >= 0.3 is 20.9 Å². The summed E-state index contributed by atoms with van der Waals surface area (Å²) in [5, 5.41) is 34.3. The van der Waals surface area contributed by atoms with E-state index in [1.54, 1.807) is 32.9 Å². The molecule has 0 unspecified atom stereocenters. The van der Waals surface area contributed by atoms with Gasteiger partial charge in [-0.25, -0.2) is 4.79 Å². The highest BCUT2D eigenvalue weighted by atomic mass is 16.6. The van der Waals surface area contributed by atoms with Gasteiger partial charge in [-0.2, -0.15) is 0 Å². The Hall–Kier alpha value is -1.54. The highest BCUT2D eigenvalue weighted by Gasteiger charge is 2.16. The van der Waals surface area contributed by atoms with Crippen LogP contribution in [0.2, 0.25) is 0 Å². The van der Waals surface area contributed by atoms with E-state index < -0.39 is 18.8 Å². The fraction of sp³-hybridized carbons (Fsp3) is 0.364. The van der Waals surface area contributed by atoms with Crippen LogP contribution in [0.4, 0.5) is 10.5 Å². The maximum atomic E-state index is 11.4. The summed E-state index contributed by atoms with van der Waals surface area (Å²) in [5.41, 5.74) is 0.342. The van der Waals surface area contributed by atoms with Gasteiger partial charge in [0.1, 0.15) is 5.60 Å². The van der Waals surface area contributed by atoms with Crippen LogP contribution in [0.5, 0.6) is 0 Å². The van der Waals surface area contributed by atoms with Crippen LogP contribution in [0.3, 0.4) is 0 Å². The van der Waals surface area contributed by atoms with E-state index in [9.17, 15) is 4.79 Å². The van der Waals surface area contributed by atoms with Crippen molar-refractivity contribution in [1.82, 2.24) is 0 Å². The molecule has 0 aliphatic carbocycles. The number of hydrogen-bond acceptors (Lipinski definition) is 6. The largest absolute Gasteiger partial charge is 0.488 e. The van der Waals surface area contributed by atoms with Gasteiger partial charge in [0.15, 0.2) is 0 Å². The second-order valence-electron chi connectivity index (χ2n) is 4.74.